The fourth-order valence-electron chi connectivity index (χ4n) is 1.35. The molecule has 7 nitrogen and oxygen atoms in total. The average Bonchev–Trinajstić information content (AvgIpc) is 2.38. The first-order valence-corrected chi connectivity index (χ1v) is 5.08. The second-order valence-corrected chi connectivity index (χ2v) is 3.35. The van der Waals surface area contributed by atoms with E-state index in [9.17, 15) is 10.1 Å². The van der Waals surface area contributed by atoms with E-state index in [1.807, 2.05) is 0 Å². The minimum Gasteiger partial charge on any atom is -0.491 e. The van der Waals surface area contributed by atoms with Crippen LogP contribution in [0.15, 0.2) is 12.1 Å². The Balaban J connectivity index is 3.12. The number of methoxy groups -OCH3 is 1. The molecule has 0 aliphatic carbocycles. The summed E-state index contributed by atoms with van der Waals surface area (Å²) < 4.78 is 10.0. The van der Waals surface area contributed by atoms with Crippen molar-refractivity contribution in [2.24, 2.45) is 0 Å². The van der Waals surface area contributed by atoms with Crippen LogP contribution in [0.2, 0.25) is 0 Å². The van der Waals surface area contributed by atoms with Gasteiger partial charge in [-0.15, -0.1) is 0 Å². The Morgan fingerprint density at radius 3 is 2.72 bits per heavy atom. The molecule has 1 aromatic carbocycles. The topological polar surface area (TPSA) is 106 Å². The van der Waals surface area contributed by atoms with Gasteiger partial charge in [-0.25, -0.2) is 0 Å². The second kappa shape index (κ2) is 6.54. The largest absolute Gasteiger partial charge is 0.491 e. The van der Waals surface area contributed by atoms with Crippen LogP contribution in [0.3, 0.4) is 0 Å². The van der Waals surface area contributed by atoms with Crippen molar-refractivity contribution in [1.29, 1.82) is 5.26 Å². The summed E-state index contributed by atoms with van der Waals surface area (Å²) >= 11 is 0. The Labute approximate surface area is 103 Å². The molecule has 0 radical (unpaired) electrons. The van der Waals surface area contributed by atoms with Crippen LogP contribution < -0.4 is 4.74 Å². The van der Waals surface area contributed by atoms with E-state index in [0.29, 0.717) is 12.2 Å². The normalized spacial score (nSPS) is 9.83. The average molecular weight is 252 g/mol. The molecule has 0 heterocycles. The Bertz CT molecular complexity index is 481. The minimum atomic E-state index is -0.664. The molecule has 0 amide bonds. The van der Waals surface area contributed by atoms with Gasteiger partial charge in [-0.2, -0.15) is 5.26 Å². The van der Waals surface area contributed by atoms with E-state index < -0.39 is 4.92 Å². The van der Waals surface area contributed by atoms with Gasteiger partial charge in [0.15, 0.2) is 0 Å². The van der Waals surface area contributed by atoms with Crippen molar-refractivity contribution in [2.75, 3.05) is 20.3 Å². The van der Waals surface area contributed by atoms with Gasteiger partial charge in [0.1, 0.15) is 24.0 Å². The summed E-state index contributed by atoms with van der Waals surface area (Å²) in [5, 5.41) is 28.7. The van der Waals surface area contributed by atoms with Gasteiger partial charge in [0.05, 0.1) is 24.2 Å². The van der Waals surface area contributed by atoms with Crippen molar-refractivity contribution in [1.82, 2.24) is 0 Å². The number of aliphatic hydroxyl groups is 1. The molecule has 18 heavy (non-hydrogen) atoms. The lowest BCUT2D eigenvalue weighted by Crippen LogP contribution is -2.07. The summed E-state index contributed by atoms with van der Waals surface area (Å²) in [7, 11) is 1.50. The predicted molar refractivity (Wildman–Crippen MR) is 61.1 cm³/mol. The first kappa shape index (κ1) is 13.9. The standard InChI is InChI=1S/C11H12N2O5/c1-17-2-3-18-11-5-10(13(15)16)8(6-12)4-9(11)7-14/h4-5,14H,2-3,7H2,1H3. The number of rotatable bonds is 6. The molecule has 0 aliphatic rings. The van der Waals surface area contributed by atoms with Crippen molar-refractivity contribution in [2.45, 2.75) is 6.61 Å². The fraction of sp³-hybridized carbons (Fsp3) is 0.364. The molecule has 1 aromatic rings. The number of benzene rings is 1. The maximum absolute atomic E-state index is 10.8. The zero-order chi connectivity index (χ0) is 13.5. The van der Waals surface area contributed by atoms with Gasteiger partial charge in [0.2, 0.25) is 0 Å². The number of nitro benzene ring substituents is 1. The molecular weight excluding hydrogens is 240 g/mol. The van der Waals surface area contributed by atoms with E-state index in [0.717, 1.165) is 6.07 Å². The number of nitriles is 1. The molecule has 0 saturated heterocycles. The van der Waals surface area contributed by atoms with Crippen molar-refractivity contribution in [3.8, 4) is 11.8 Å². The summed E-state index contributed by atoms with van der Waals surface area (Å²) in [5.41, 5.74) is -0.126. The monoisotopic (exact) mass is 252 g/mol. The second-order valence-electron chi connectivity index (χ2n) is 3.35. The Kier molecular flexibility index (Phi) is 5.05. The molecular formula is C11H12N2O5. The van der Waals surface area contributed by atoms with E-state index in [2.05, 4.69) is 0 Å². The molecule has 0 fully saturated rings. The highest BCUT2D eigenvalue weighted by Gasteiger charge is 2.18. The molecule has 0 unspecified atom stereocenters. The highest BCUT2D eigenvalue weighted by Crippen LogP contribution is 2.28. The van der Waals surface area contributed by atoms with E-state index in [4.69, 9.17) is 19.8 Å². The van der Waals surface area contributed by atoms with E-state index in [1.165, 1.54) is 13.2 Å². The van der Waals surface area contributed by atoms with Gasteiger partial charge in [-0.05, 0) is 6.07 Å². The van der Waals surface area contributed by atoms with Crippen molar-refractivity contribution in [3.05, 3.63) is 33.4 Å². The van der Waals surface area contributed by atoms with Crippen LogP contribution in [0, 0.1) is 21.4 Å². The third-order valence-corrected chi connectivity index (χ3v) is 2.21. The number of hydrogen-bond donors (Lipinski definition) is 1. The lowest BCUT2D eigenvalue weighted by Gasteiger charge is -2.10. The molecule has 0 bridgehead atoms. The Hall–Kier alpha value is -2.17. The van der Waals surface area contributed by atoms with Crippen molar-refractivity contribution < 1.29 is 19.5 Å². The van der Waals surface area contributed by atoms with Crippen LogP contribution in [0.5, 0.6) is 5.75 Å². The highest BCUT2D eigenvalue weighted by molar-refractivity contribution is 5.55. The third-order valence-electron chi connectivity index (χ3n) is 2.21. The summed E-state index contributed by atoms with van der Waals surface area (Å²) in [6, 6.07) is 4.10. The molecule has 0 atom stereocenters. The van der Waals surface area contributed by atoms with Crippen molar-refractivity contribution in [3.63, 3.8) is 0 Å². The first-order chi connectivity index (χ1) is 8.63. The third kappa shape index (κ3) is 3.16. The molecule has 7 heteroatoms. The number of aliphatic hydroxyl groups excluding tert-OH is 1. The van der Waals surface area contributed by atoms with E-state index in [1.54, 1.807) is 6.07 Å². The smallest absolute Gasteiger partial charge is 0.290 e. The molecule has 96 valence electrons. The zero-order valence-electron chi connectivity index (χ0n) is 9.75. The van der Waals surface area contributed by atoms with Crippen LogP contribution >= 0.6 is 0 Å². The number of hydrogen-bond acceptors (Lipinski definition) is 6. The minimum absolute atomic E-state index is 0.108. The number of nitrogens with zero attached hydrogens (tertiary/aromatic N) is 2. The summed E-state index contributed by atoms with van der Waals surface area (Å²) in [4.78, 5) is 10.1. The molecule has 0 saturated carbocycles. The molecule has 1 N–H and O–H groups in total. The summed E-state index contributed by atoms with van der Waals surface area (Å²) in [6.45, 7) is 0.153. The predicted octanol–water partition coefficient (Wildman–Crippen LogP) is 0.984. The van der Waals surface area contributed by atoms with Gasteiger partial charge in [-0.3, -0.25) is 10.1 Å². The van der Waals surface area contributed by atoms with Gasteiger partial charge in [0, 0.05) is 12.7 Å². The van der Waals surface area contributed by atoms with Gasteiger partial charge in [-0.1, -0.05) is 0 Å². The van der Waals surface area contributed by atoms with E-state index >= 15 is 0 Å². The van der Waals surface area contributed by atoms with Crippen LogP contribution in [-0.4, -0.2) is 30.4 Å². The zero-order valence-corrected chi connectivity index (χ0v) is 9.75. The maximum Gasteiger partial charge on any atom is 0.290 e. The van der Waals surface area contributed by atoms with Crippen molar-refractivity contribution >= 4 is 5.69 Å². The summed E-state index contributed by atoms with van der Waals surface area (Å²) in [5.74, 6) is 0.181. The van der Waals surface area contributed by atoms with Gasteiger partial charge < -0.3 is 14.6 Å². The molecule has 0 aromatic heterocycles. The number of nitro groups is 1. The molecule has 0 aliphatic heterocycles. The van der Waals surface area contributed by atoms with Crippen LogP contribution in [0.1, 0.15) is 11.1 Å². The highest BCUT2D eigenvalue weighted by atomic mass is 16.6. The fourth-order valence-corrected chi connectivity index (χ4v) is 1.35. The van der Waals surface area contributed by atoms with Crippen LogP contribution in [0.4, 0.5) is 5.69 Å². The SMILES string of the molecule is COCCOc1cc([N+](=O)[O-])c(C#N)cc1CO. The molecule has 0 spiro atoms. The Morgan fingerprint density at radius 2 is 2.22 bits per heavy atom. The van der Waals surface area contributed by atoms with Gasteiger partial charge in [0.25, 0.3) is 5.69 Å². The first-order valence-electron chi connectivity index (χ1n) is 5.08. The Morgan fingerprint density at radius 1 is 1.50 bits per heavy atom. The quantitative estimate of drug-likeness (QED) is 0.459. The van der Waals surface area contributed by atoms with Gasteiger partial charge >= 0.3 is 0 Å². The van der Waals surface area contributed by atoms with E-state index in [-0.39, 0.29) is 30.2 Å². The lowest BCUT2D eigenvalue weighted by atomic mass is 10.1. The maximum atomic E-state index is 10.8. The summed E-state index contributed by atoms with van der Waals surface area (Å²) in [6.07, 6.45) is 0. The number of ether oxygens (including phenoxy) is 2. The lowest BCUT2D eigenvalue weighted by molar-refractivity contribution is -0.385. The van der Waals surface area contributed by atoms with Crippen LogP contribution in [0.25, 0.3) is 0 Å². The molecule has 1 rings (SSSR count). The van der Waals surface area contributed by atoms with Crippen LogP contribution in [-0.2, 0) is 11.3 Å².